The molecule has 1 aromatic rings. The number of nitrogens with zero attached hydrogens (tertiary/aromatic N) is 2. The van der Waals surface area contributed by atoms with E-state index in [0.717, 1.165) is 37.2 Å². The minimum absolute atomic E-state index is 0.0287. The van der Waals surface area contributed by atoms with E-state index in [4.69, 9.17) is 10.5 Å². The quantitative estimate of drug-likeness (QED) is 0.714. The van der Waals surface area contributed by atoms with Crippen LogP contribution in [0.15, 0.2) is 12.3 Å². The fraction of sp³-hybridized carbons (Fsp3) is 0.684. The number of aromatic nitrogens is 1. The number of hydrogen-bond acceptors (Lipinski definition) is 5. The number of ether oxygens (including phenoxy) is 1. The number of nitrogens with one attached hydrogen (secondary N) is 2. The molecule has 2 aliphatic heterocycles. The van der Waals surface area contributed by atoms with Gasteiger partial charge in [0.05, 0.1) is 18.5 Å². The second-order valence-corrected chi connectivity index (χ2v) is 7.87. The number of urea groups is 1. The Bertz CT molecular complexity index is 676. The Labute approximate surface area is 154 Å². The van der Waals surface area contributed by atoms with E-state index in [0.29, 0.717) is 37.4 Å². The van der Waals surface area contributed by atoms with Crippen molar-refractivity contribution in [2.24, 2.45) is 17.6 Å². The van der Waals surface area contributed by atoms with Gasteiger partial charge in [-0.2, -0.15) is 0 Å². The summed E-state index contributed by atoms with van der Waals surface area (Å²) in [5, 5.41) is 6.21. The predicted octanol–water partition coefficient (Wildman–Crippen LogP) is 1.41. The SMILES string of the molecule is Cc1cc(N2CCNC2=O)cnc1OCCC1CC1(N)C1CCNCC1. The molecule has 3 aliphatic rings. The van der Waals surface area contributed by atoms with Crippen molar-refractivity contribution in [3.05, 3.63) is 17.8 Å². The summed E-state index contributed by atoms with van der Waals surface area (Å²) in [6.45, 7) is 6.16. The smallest absolute Gasteiger partial charge is 0.322 e. The van der Waals surface area contributed by atoms with Crippen LogP contribution in [0.25, 0.3) is 0 Å². The van der Waals surface area contributed by atoms with Crippen LogP contribution in [-0.2, 0) is 0 Å². The molecule has 26 heavy (non-hydrogen) atoms. The highest BCUT2D eigenvalue weighted by Crippen LogP contribution is 2.51. The molecule has 1 saturated carbocycles. The highest BCUT2D eigenvalue weighted by Gasteiger charge is 2.55. The minimum Gasteiger partial charge on any atom is -0.477 e. The number of piperidine rings is 1. The topological polar surface area (TPSA) is 92.5 Å². The van der Waals surface area contributed by atoms with E-state index < -0.39 is 0 Å². The van der Waals surface area contributed by atoms with Crippen molar-refractivity contribution < 1.29 is 9.53 Å². The van der Waals surface area contributed by atoms with Gasteiger partial charge in [0.2, 0.25) is 5.88 Å². The first kappa shape index (κ1) is 17.5. The molecule has 1 aliphatic carbocycles. The number of pyridine rings is 1. The van der Waals surface area contributed by atoms with E-state index in [9.17, 15) is 4.79 Å². The number of hydrogen-bond donors (Lipinski definition) is 3. The van der Waals surface area contributed by atoms with Gasteiger partial charge in [-0.25, -0.2) is 9.78 Å². The van der Waals surface area contributed by atoms with Gasteiger partial charge in [-0.05, 0) is 63.6 Å². The van der Waals surface area contributed by atoms with Gasteiger partial charge in [0.25, 0.3) is 0 Å². The number of aryl methyl sites for hydroxylation is 1. The van der Waals surface area contributed by atoms with Crippen molar-refractivity contribution >= 4 is 11.7 Å². The third kappa shape index (κ3) is 3.38. The zero-order chi connectivity index (χ0) is 18.1. The second kappa shape index (κ2) is 7.04. The Morgan fingerprint density at radius 2 is 2.19 bits per heavy atom. The normalized spacial score (nSPS) is 28.9. The fourth-order valence-electron chi connectivity index (χ4n) is 4.46. The lowest BCUT2D eigenvalue weighted by Crippen LogP contribution is -2.41. The van der Waals surface area contributed by atoms with Crippen molar-refractivity contribution in [3.8, 4) is 5.88 Å². The molecule has 3 fully saturated rings. The molecular weight excluding hydrogens is 330 g/mol. The van der Waals surface area contributed by atoms with Crippen molar-refractivity contribution in [1.29, 1.82) is 0 Å². The van der Waals surface area contributed by atoms with Crippen LogP contribution in [0.4, 0.5) is 10.5 Å². The molecule has 7 nitrogen and oxygen atoms in total. The van der Waals surface area contributed by atoms with E-state index in [1.165, 1.54) is 12.8 Å². The molecule has 2 unspecified atom stereocenters. The Kier molecular flexibility index (Phi) is 4.75. The molecular formula is C19H29N5O2. The Hall–Kier alpha value is -1.86. The van der Waals surface area contributed by atoms with Crippen LogP contribution in [0, 0.1) is 18.8 Å². The Balaban J connectivity index is 1.28. The van der Waals surface area contributed by atoms with Gasteiger partial charge in [-0.1, -0.05) is 0 Å². The van der Waals surface area contributed by atoms with Gasteiger partial charge in [-0.15, -0.1) is 0 Å². The lowest BCUT2D eigenvalue weighted by Gasteiger charge is -2.29. The van der Waals surface area contributed by atoms with E-state index in [2.05, 4.69) is 15.6 Å². The molecule has 4 rings (SSSR count). The maximum absolute atomic E-state index is 11.8. The zero-order valence-corrected chi connectivity index (χ0v) is 15.5. The predicted molar refractivity (Wildman–Crippen MR) is 100 cm³/mol. The highest BCUT2D eigenvalue weighted by atomic mass is 16.5. The third-order valence-electron chi connectivity index (χ3n) is 6.19. The van der Waals surface area contributed by atoms with Gasteiger partial charge in [0.15, 0.2) is 0 Å². The van der Waals surface area contributed by atoms with Crippen molar-refractivity contribution in [2.45, 2.75) is 38.1 Å². The maximum Gasteiger partial charge on any atom is 0.322 e. The molecule has 7 heteroatoms. The second-order valence-electron chi connectivity index (χ2n) is 7.87. The first-order chi connectivity index (χ1) is 12.6. The number of carbonyl (C=O) groups excluding carboxylic acids is 1. The van der Waals surface area contributed by atoms with Gasteiger partial charge < -0.3 is 21.1 Å². The first-order valence-electron chi connectivity index (χ1n) is 9.72. The summed E-state index contributed by atoms with van der Waals surface area (Å²) in [6, 6.07) is 1.90. The maximum atomic E-state index is 11.8. The largest absolute Gasteiger partial charge is 0.477 e. The number of amides is 2. The molecule has 3 heterocycles. The molecule has 2 amide bonds. The van der Waals surface area contributed by atoms with E-state index in [-0.39, 0.29) is 11.6 Å². The summed E-state index contributed by atoms with van der Waals surface area (Å²) in [4.78, 5) is 17.9. The third-order valence-corrected chi connectivity index (χ3v) is 6.19. The average Bonchev–Trinajstić information content (AvgIpc) is 3.12. The molecule has 1 aromatic heterocycles. The summed E-state index contributed by atoms with van der Waals surface area (Å²) < 4.78 is 5.91. The minimum atomic E-state index is -0.0641. The average molecular weight is 359 g/mol. The lowest BCUT2D eigenvalue weighted by molar-refractivity contribution is 0.252. The monoisotopic (exact) mass is 359 g/mol. The number of rotatable bonds is 6. The molecule has 2 saturated heterocycles. The number of anilines is 1. The summed E-state index contributed by atoms with van der Waals surface area (Å²) in [7, 11) is 0. The number of nitrogens with two attached hydrogens (primary N) is 1. The van der Waals surface area contributed by atoms with Crippen LogP contribution in [0.2, 0.25) is 0 Å². The van der Waals surface area contributed by atoms with Crippen molar-refractivity contribution in [1.82, 2.24) is 15.6 Å². The van der Waals surface area contributed by atoms with Crippen LogP contribution >= 0.6 is 0 Å². The Morgan fingerprint density at radius 1 is 1.38 bits per heavy atom. The summed E-state index contributed by atoms with van der Waals surface area (Å²) in [5.74, 6) is 1.87. The highest BCUT2D eigenvalue weighted by molar-refractivity contribution is 5.93. The molecule has 142 valence electrons. The molecule has 0 radical (unpaired) electrons. The van der Waals surface area contributed by atoms with Gasteiger partial charge in [0, 0.05) is 24.2 Å². The molecule has 2 atom stereocenters. The van der Waals surface area contributed by atoms with Crippen LogP contribution < -0.4 is 26.0 Å². The fourth-order valence-corrected chi connectivity index (χ4v) is 4.46. The number of carbonyl (C=O) groups is 1. The van der Waals surface area contributed by atoms with Gasteiger partial charge in [-0.3, -0.25) is 4.90 Å². The van der Waals surface area contributed by atoms with Gasteiger partial charge >= 0.3 is 6.03 Å². The van der Waals surface area contributed by atoms with Crippen LogP contribution in [0.5, 0.6) is 5.88 Å². The summed E-state index contributed by atoms with van der Waals surface area (Å²) in [5.41, 5.74) is 8.44. The lowest BCUT2D eigenvalue weighted by atomic mass is 9.87. The van der Waals surface area contributed by atoms with Crippen LogP contribution in [0.1, 0.15) is 31.2 Å². The first-order valence-corrected chi connectivity index (χ1v) is 9.72. The summed E-state index contributed by atoms with van der Waals surface area (Å²) in [6.07, 6.45) is 6.21. The van der Waals surface area contributed by atoms with Crippen LogP contribution in [0.3, 0.4) is 0 Å². The standard InChI is InChI=1S/C19H29N5O2/c1-13-10-16(24-8-7-22-18(24)25)12-23-17(13)26-9-4-15-11-19(15,20)14-2-5-21-6-3-14/h10,12,14-15,21H,2-9,11,20H2,1H3,(H,22,25). The molecule has 0 aromatic carbocycles. The van der Waals surface area contributed by atoms with Crippen molar-refractivity contribution in [2.75, 3.05) is 37.7 Å². The summed E-state index contributed by atoms with van der Waals surface area (Å²) >= 11 is 0. The van der Waals surface area contributed by atoms with Gasteiger partial charge in [0.1, 0.15) is 0 Å². The molecule has 4 N–H and O–H groups in total. The molecule has 0 bridgehead atoms. The van der Waals surface area contributed by atoms with E-state index in [1.54, 1.807) is 11.1 Å². The molecule has 0 spiro atoms. The zero-order valence-electron chi connectivity index (χ0n) is 15.5. The van der Waals surface area contributed by atoms with E-state index >= 15 is 0 Å². The van der Waals surface area contributed by atoms with Crippen LogP contribution in [-0.4, -0.2) is 49.3 Å². The van der Waals surface area contributed by atoms with E-state index in [1.807, 2.05) is 13.0 Å². The van der Waals surface area contributed by atoms with Crippen molar-refractivity contribution in [3.63, 3.8) is 0 Å². The Morgan fingerprint density at radius 3 is 2.88 bits per heavy atom.